The number of aromatic nitrogens is 5. The van der Waals surface area contributed by atoms with Crippen molar-refractivity contribution in [2.75, 3.05) is 0 Å². The molecule has 0 saturated heterocycles. The molecule has 13 rings (SSSR count). The third-order valence-electron chi connectivity index (χ3n) is 12.4. The van der Waals surface area contributed by atoms with Crippen molar-refractivity contribution >= 4 is 65.6 Å². The lowest BCUT2D eigenvalue weighted by Crippen LogP contribution is -2.00. The lowest BCUT2D eigenvalue weighted by atomic mass is 10.0. The van der Waals surface area contributed by atoms with Gasteiger partial charge in [0, 0.05) is 60.4 Å². The molecule has 0 radical (unpaired) electrons. The Morgan fingerprint density at radius 2 is 0.857 bits per heavy atom. The van der Waals surface area contributed by atoms with Crippen LogP contribution >= 0.6 is 0 Å². The van der Waals surface area contributed by atoms with Crippen molar-refractivity contribution < 1.29 is 4.42 Å². The molecular formula is C57H35N5O. The summed E-state index contributed by atoms with van der Waals surface area (Å²) in [6.45, 7) is 0. The number of hydrogen-bond acceptors (Lipinski definition) is 4. The summed E-state index contributed by atoms with van der Waals surface area (Å²) >= 11 is 0. The smallest absolute Gasteiger partial charge is 0.164 e. The molecule has 0 unspecified atom stereocenters. The first-order chi connectivity index (χ1) is 31.2. The normalized spacial score (nSPS) is 11.8. The molecule has 0 spiro atoms. The standard InChI is InChI=1S/C57H35N5O/c1-4-15-36(16-5-1)55-58-56(37-17-6-2-7-18-37)60-57(59-55)45-23-14-26-53-54(45)47-35-41(29-32-52(47)63-53)62-49-25-13-11-22-43(49)46-33-38(28-31-50(46)62)39-27-30-44-42-21-10-12-24-48(42)61(51(44)34-39)40-19-8-3-9-20-40/h1-35H. The summed E-state index contributed by atoms with van der Waals surface area (Å²) in [6.07, 6.45) is 0. The Morgan fingerprint density at radius 3 is 1.57 bits per heavy atom. The predicted molar refractivity (Wildman–Crippen MR) is 258 cm³/mol. The van der Waals surface area contributed by atoms with Gasteiger partial charge in [-0.2, -0.15) is 0 Å². The second-order valence-corrected chi connectivity index (χ2v) is 16.0. The van der Waals surface area contributed by atoms with Crippen LogP contribution in [0.3, 0.4) is 0 Å². The first-order valence-electron chi connectivity index (χ1n) is 21.2. The molecule has 6 nitrogen and oxygen atoms in total. The van der Waals surface area contributed by atoms with Crippen LogP contribution in [0.15, 0.2) is 217 Å². The van der Waals surface area contributed by atoms with Gasteiger partial charge in [0.05, 0.1) is 22.1 Å². The van der Waals surface area contributed by atoms with E-state index in [0.29, 0.717) is 17.5 Å². The minimum atomic E-state index is 0.591. The quantitative estimate of drug-likeness (QED) is 0.168. The number of fused-ring (bicyclic) bond motifs is 9. The summed E-state index contributed by atoms with van der Waals surface area (Å²) in [5, 5.41) is 6.83. The fourth-order valence-electron chi connectivity index (χ4n) is 9.51. The number of rotatable bonds is 6. The second-order valence-electron chi connectivity index (χ2n) is 16.0. The van der Waals surface area contributed by atoms with Crippen LogP contribution in [0.5, 0.6) is 0 Å². The molecule has 6 heteroatoms. The van der Waals surface area contributed by atoms with Crippen molar-refractivity contribution in [2.45, 2.75) is 0 Å². The van der Waals surface area contributed by atoms with Crippen LogP contribution < -0.4 is 0 Å². The first-order valence-corrected chi connectivity index (χ1v) is 21.2. The molecule has 0 N–H and O–H groups in total. The van der Waals surface area contributed by atoms with Gasteiger partial charge in [-0.15, -0.1) is 0 Å². The largest absolute Gasteiger partial charge is 0.456 e. The van der Waals surface area contributed by atoms with Gasteiger partial charge in [-0.1, -0.05) is 146 Å². The highest BCUT2D eigenvalue weighted by Crippen LogP contribution is 2.41. The predicted octanol–water partition coefficient (Wildman–Crippen LogP) is 14.6. The van der Waals surface area contributed by atoms with Crippen LogP contribution in [0.1, 0.15) is 0 Å². The summed E-state index contributed by atoms with van der Waals surface area (Å²) in [5.41, 5.74) is 13.5. The maximum absolute atomic E-state index is 6.56. The van der Waals surface area contributed by atoms with Crippen LogP contribution in [0.25, 0.3) is 122 Å². The van der Waals surface area contributed by atoms with E-state index in [1.54, 1.807) is 0 Å². The van der Waals surface area contributed by atoms with Gasteiger partial charge in [-0.25, -0.2) is 15.0 Å². The number of para-hydroxylation sites is 3. The SMILES string of the molecule is c1ccc(-c2nc(-c3ccccc3)nc(-c3cccc4oc5ccc(-n6c7ccccc7c7cc(-c8ccc9c%10ccccc%10n(-c%10ccccc%10)c9c8)ccc76)cc5c34)n2)cc1. The summed E-state index contributed by atoms with van der Waals surface area (Å²) in [5.74, 6) is 1.83. The Hall–Kier alpha value is -8.61. The van der Waals surface area contributed by atoms with Crippen LogP contribution in [0, 0.1) is 0 Å². The Bertz CT molecular complexity index is 3850. The lowest BCUT2D eigenvalue weighted by Gasteiger charge is -2.10. The fourth-order valence-corrected chi connectivity index (χ4v) is 9.51. The minimum Gasteiger partial charge on any atom is -0.456 e. The topological polar surface area (TPSA) is 61.7 Å². The highest BCUT2D eigenvalue weighted by molar-refractivity contribution is 6.15. The maximum Gasteiger partial charge on any atom is 0.164 e. The Morgan fingerprint density at radius 1 is 0.302 bits per heavy atom. The summed E-state index contributed by atoms with van der Waals surface area (Å²) in [4.78, 5) is 15.2. The van der Waals surface area contributed by atoms with E-state index < -0.39 is 0 Å². The van der Waals surface area contributed by atoms with Gasteiger partial charge in [0.15, 0.2) is 17.5 Å². The van der Waals surface area contributed by atoms with Gasteiger partial charge in [0.2, 0.25) is 0 Å². The summed E-state index contributed by atoms with van der Waals surface area (Å²) in [7, 11) is 0. The lowest BCUT2D eigenvalue weighted by molar-refractivity contribution is 0.669. The Balaban J connectivity index is 0.978. The number of benzene rings is 9. The van der Waals surface area contributed by atoms with E-state index in [9.17, 15) is 0 Å². The van der Waals surface area contributed by atoms with Gasteiger partial charge in [0.25, 0.3) is 0 Å². The van der Waals surface area contributed by atoms with Crippen LogP contribution in [0.2, 0.25) is 0 Å². The molecular weight excluding hydrogens is 771 g/mol. The molecule has 0 atom stereocenters. The molecule has 0 fully saturated rings. The molecule has 0 aliphatic heterocycles. The number of hydrogen-bond donors (Lipinski definition) is 0. The third-order valence-corrected chi connectivity index (χ3v) is 12.4. The minimum absolute atomic E-state index is 0.591. The highest BCUT2D eigenvalue weighted by atomic mass is 16.3. The van der Waals surface area contributed by atoms with E-state index >= 15 is 0 Å². The van der Waals surface area contributed by atoms with Crippen molar-refractivity contribution in [3.8, 4) is 56.7 Å². The van der Waals surface area contributed by atoms with E-state index in [1.807, 2.05) is 72.8 Å². The van der Waals surface area contributed by atoms with E-state index in [-0.39, 0.29) is 0 Å². The number of nitrogens with zero attached hydrogens (tertiary/aromatic N) is 5. The molecule has 0 aliphatic carbocycles. The number of furan rings is 1. The van der Waals surface area contributed by atoms with Crippen molar-refractivity contribution in [1.82, 2.24) is 24.1 Å². The fraction of sp³-hybridized carbons (Fsp3) is 0. The summed E-state index contributed by atoms with van der Waals surface area (Å²) < 4.78 is 11.3. The van der Waals surface area contributed by atoms with E-state index in [4.69, 9.17) is 19.4 Å². The monoisotopic (exact) mass is 805 g/mol. The third kappa shape index (κ3) is 5.62. The molecule has 4 heterocycles. The average Bonchev–Trinajstić information content (AvgIpc) is 4.01. The molecule has 63 heavy (non-hydrogen) atoms. The van der Waals surface area contributed by atoms with Crippen molar-refractivity contribution in [2.24, 2.45) is 0 Å². The van der Waals surface area contributed by atoms with Gasteiger partial charge in [-0.3, -0.25) is 0 Å². The van der Waals surface area contributed by atoms with E-state index in [2.05, 4.69) is 149 Å². The molecule has 0 aliphatic rings. The zero-order valence-electron chi connectivity index (χ0n) is 33.9. The van der Waals surface area contributed by atoms with Gasteiger partial charge in [-0.05, 0) is 77.9 Å². The van der Waals surface area contributed by atoms with Crippen molar-refractivity contribution in [3.63, 3.8) is 0 Å². The van der Waals surface area contributed by atoms with Crippen molar-refractivity contribution in [3.05, 3.63) is 212 Å². The maximum atomic E-state index is 6.56. The molecule has 0 bridgehead atoms. The van der Waals surface area contributed by atoms with E-state index in [1.165, 1.54) is 43.7 Å². The van der Waals surface area contributed by atoms with Crippen LogP contribution in [0.4, 0.5) is 0 Å². The highest BCUT2D eigenvalue weighted by Gasteiger charge is 2.20. The molecule has 0 saturated carbocycles. The molecule has 294 valence electrons. The molecule has 13 aromatic rings. The molecule has 0 amide bonds. The summed E-state index contributed by atoms with van der Waals surface area (Å²) in [6, 6.07) is 74.6. The average molecular weight is 806 g/mol. The van der Waals surface area contributed by atoms with Crippen LogP contribution in [-0.2, 0) is 0 Å². The van der Waals surface area contributed by atoms with Crippen molar-refractivity contribution in [1.29, 1.82) is 0 Å². The van der Waals surface area contributed by atoms with E-state index in [0.717, 1.165) is 61.0 Å². The molecule has 9 aromatic carbocycles. The second kappa shape index (κ2) is 14.0. The Labute approximate surface area is 361 Å². The van der Waals surface area contributed by atoms with Gasteiger partial charge in [0.1, 0.15) is 11.2 Å². The first kappa shape index (κ1) is 35.2. The van der Waals surface area contributed by atoms with Gasteiger partial charge < -0.3 is 13.6 Å². The molecule has 4 aromatic heterocycles. The Kier molecular flexibility index (Phi) is 7.80. The van der Waals surface area contributed by atoms with Gasteiger partial charge >= 0.3 is 0 Å². The zero-order valence-corrected chi connectivity index (χ0v) is 33.9. The zero-order chi connectivity index (χ0) is 41.4. The van der Waals surface area contributed by atoms with Crippen LogP contribution in [-0.4, -0.2) is 24.1 Å².